The number of aliphatic hydroxyl groups is 1. The van der Waals surface area contributed by atoms with Crippen molar-refractivity contribution in [3.8, 4) is 6.07 Å². The molecule has 3 heteroatoms. The zero-order chi connectivity index (χ0) is 8.15. The summed E-state index contributed by atoms with van der Waals surface area (Å²) < 4.78 is 0. The summed E-state index contributed by atoms with van der Waals surface area (Å²) in [4.78, 5) is 0. The summed E-state index contributed by atoms with van der Waals surface area (Å²) in [6, 6.07) is 1.87. The Kier molecular flexibility index (Phi) is 4.42. The molecule has 0 aromatic rings. The van der Waals surface area contributed by atoms with Crippen LogP contribution in [-0.2, 0) is 0 Å². The Bertz CT molecular complexity index is 130. The van der Waals surface area contributed by atoms with Gasteiger partial charge in [0, 0.05) is 0 Å². The first-order valence-corrected chi connectivity index (χ1v) is 3.72. The van der Waals surface area contributed by atoms with Crippen LogP contribution in [0.2, 0.25) is 0 Å². The van der Waals surface area contributed by atoms with E-state index in [9.17, 15) is 0 Å². The van der Waals surface area contributed by atoms with Crippen LogP contribution >= 0.6 is 11.6 Å². The zero-order valence-electron chi connectivity index (χ0n) is 6.21. The van der Waals surface area contributed by atoms with E-state index in [1.165, 1.54) is 0 Å². The largest absolute Gasteiger partial charge is 0.391 e. The Morgan fingerprint density at radius 3 is 2.40 bits per heavy atom. The summed E-state index contributed by atoms with van der Waals surface area (Å²) >= 11 is 5.74. The van der Waals surface area contributed by atoms with Gasteiger partial charge in [0.2, 0.25) is 0 Å². The molecule has 0 fully saturated rings. The number of hydrogen-bond acceptors (Lipinski definition) is 2. The summed E-state index contributed by atoms with van der Waals surface area (Å²) in [6.45, 7) is 3.83. The lowest BCUT2D eigenvalue weighted by Gasteiger charge is -2.16. The fourth-order valence-electron chi connectivity index (χ4n) is 0.650. The monoisotopic (exact) mass is 161 g/mol. The summed E-state index contributed by atoms with van der Waals surface area (Å²) in [5, 5.41) is 17.0. The van der Waals surface area contributed by atoms with Crippen LogP contribution in [0.5, 0.6) is 0 Å². The van der Waals surface area contributed by atoms with E-state index in [0.717, 1.165) is 0 Å². The normalized spacial score (nSPS) is 16.4. The second kappa shape index (κ2) is 4.54. The molecule has 0 radical (unpaired) electrons. The molecule has 0 saturated heterocycles. The predicted octanol–water partition coefficient (Wildman–Crippen LogP) is 1.52. The van der Waals surface area contributed by atoms with Crippen LogP contribution in [0.25, 0.3) is 0 Å². The van der Waals surface area contributed by atoms with Crippen LogP contribution in [0.1, 0.15) is 20.3 Å². The Morgan fingerprint density at radius 1 is 1.60 bits per heavy atom. The van der Waals surface area contributed by atoms with Gasteiger partial charge < -0.3 is 5.11 Å². The fraction of sp³-hybridized carbons (Fsp3) is 0.857. The van der Waals surface area contributed by atoms with Gasteiger partial charge in [-0.3, -0.25) is 0 Å². The molecule has 0 spiro atoms. The highest BCUT2D eigenvalue weighted by Crippen LogP contribution is 2.15. The van der Waals surface area contributed by atoms with Crippen molar-refractivity contribution in [1.29, 1.82) is 5.26 Å². The van der Waals surface area contributed by atoms with E-state index in [0.29, 0.717) is 0 Å². The molecule has 0 aromatic heterocycles. The van der Waals surface area contributed by atoms with E-state index in [1.54, 1.807) is 0 Å². The second-order valence-corrected chi connectivity index (χ2v) is 3.12. The number of aliphatic hydroxyl groups excluding tert-OH is 1. The van der Waals surface area contributed by atoms with Gasteiger partial charge in [0.25, 0.3) is 0 Å². The maximum absolute atomic E-state index is 9.13. The molecular weight excluding hydrogens is 150 g/mol. The highest BCUT2D eigenvalue weighted by molar-refractivity contribution is 6.21. The molecule has 2 atom stereocenters. The minimum absolute atomic E-state index is 0.117. The van der Waals surface area contributed by atoms with Crippen molar-refractivity contribution in [1.82, 2.24) is 0 Å². The van der Waals surface area contributed by atoms with Gasteiger partial charge in [0.05, 0.1) is 24.0 Å². The van der Waals surface area contributed by atoms with Crippen LogP contribution in [0.3, 0.4) is 0 Å². The van der Waals surface area contributed by atoms with Crippen molar-refractivity contribution in [2.24, 2.45) is 5.92 Å². The summed E-state index contributed by atoms with van der Waals surface area (Å²) in [6.07, 6.45) is -0.571. The van der Waals surface area contributed by atoms with Gasteiger partial charge >= 0.3 is 0 Å². The molecule has 0 aliphatic heterocycles. The molecule has 0 unspecified atom stereocenters. The molecule has 0 aromatic carbocycles. The van der Waals surface area contributed by atoms with E-state index < -0.39 is 6.10 Å². The molecule has 0 rings (SSSR count). The van der Waals surface area contributed by atoms with E-state index in [2.05, 4.69) is 0 Å². The quantitative estimate of drug-likeness (QED) is 0.638. The molecule has 58 valence electrons. The van der Waals surface area contributed by atoms with Crippen LogP contribution in [0, 0.1) is 17.2 Å². The maximum atomic E-state index is 9.13. The highest BCUT2D eigenvalue weighted by atomic mass is 35.5. The third-order valence-electron chi connectivity index (χ3n) is 1.30. The first kappa shape index (κ1) is 9.74. The smallest absolute Gasteiger partial charge is 0.0835 e. The lowest BCUT2D eigenvalue weighted by atomic mass is 10.0. The van der Waals surface area contributed by atoms with Gasteiger partial charge in [0.15, 0.2) is 0 Å². The first-order valence-electron chi connectivity index (χ1n) is 3.28. The van der Waals surface area contributed by atoms with Crippen molar-refractivity contribution < 1.29 is 5.11 Å². The molecule has 0 heterocycles. The lowest BCUT2D eigenvalue weighted by molar-refractivity contribution is 0.158. The average molecular weight is 162 g/mol. The predicted molar refractivity (Wildman–Crippen MR) is 40.7 cm³/mol. The van der Waals surface area contributed by atoms with Crippen molar-refractivity contribution in [3.63, 3.8) is 0 Å². The minimum Gasteiger partial charge on any atom is -0.391 e. The van der Waals surface area contributed by atoms with Crippen LogP contribution in [0.15, 0.2) is 0 Å². The van der Waals surface area contributed by atoms with Crippen molar-refractivity contribution in [2.45, 2.75) is 31.7 Å². The van der Waals surface area contributed by atoms with Gasteiger partial charge in [-0.1, -0.05) is 13.8 Å². The van der Waals surface area contributed by atoms with Gasteiger partial charge in [0.1, 0.15) is 0 Å². The molecule has 0 aliphatic rings. The molecule has 0 amide bonds. The molecule has 0 aliphatic carbocycles. The molecule has 1 N–H and O–H groups in total. The average Bonchev–Trinajstić information content (AvgIpc) is 1.87. The molecule has 0 bridgehead atoms. The molecule has 0 saturated carbocycles. The topological polar surface area (TPSA) is 44.0 Å². The second-order valence-electron chi connectivity index (χ2n) is 2.62. The van der Waals surface area contributed by atoms with E-state index in [1.807, 2.05) is 19.9 Å². The summed E-state index contributed by atoms with van der Waals surface area (Å²) in [5.74, 6) is 0.213. The third-order valence-corrected chi connectivity index (χ3v) is 2.10. The summed E-state index contributed by atoms with van der Waals surface area (Å²) in [5.41, 5.74) is 0. The van der Waals surface area contributed by atoms with Crippen molar-refractivity contribution >= 4 is 11.6 Å². The first-order chi connectivity index (χ1) is 4.59. The molecular formula is C7H12ClNO. The van der Waals surface area contributed by atoms with Crippen LogP contribution < -0.4 is 0 Å². The SMILES string of the molecule is CC(C)[C@@H](Cl)[C@H](O)CC#N. The zero-order valence-corrected chi connectivity index (χ0v) is 6.97. The Labute approximate surface area is 66.4 Å². The van der Waals surface area contributed by atoms with Crippen molar-refractivity contribution in [3.05, 3.63) is 0 Å². The Hall–Kier alpha value is -0.260. The van der Waals surface area contributed by atoms with Crippen molar-refractivity contribution in [2.75, 3.05) is 0 Å². The third kappa shape index (κ3) is 3.05. The maximum Gasteiger partial charge on any atom is 0.0835 e. The molecule has 2 nitrogen and oxygen atoms in total. The minimum atomic E-state index is -0.688. The summed E-state index contributed by atoms with van der Waals surface area (Å²) in [7, 11) is 0. The van der Waals surface area contributed by atoms with Crippen LogP contribution in [0.4, 0.5) is 0 Å². The fourth-order valence-corrected chi connectivity index (χ4v) is 0.739. The number of hydrogen-bond donors (Lipinski definition) is 1. The standard InChI is InChI=1S/C7H12ClNO/c1-5(2)7(8)6(10)3-4-9/h5-7,10H,3H2,1-2H3/t6-,7-/m1/s1. The number of nitriles is 1. The lowest BCUT2D eigenvalue weighted by Crippen LogP contribution is -2.25. The van der Waals surface area contributed by atoms with Gasteiger partial charge in [-0.15, -0.1) is 11.6 Å². The Morgan fingerprint density at radius 2 is 2.10 bits per heavy atom. The van der Waals surface area contributed by atoms with Gasteiger partial charge in [-0.2, -0.15) is 5.26 Å². The van der Waals surface area contributed by atoms with Gasteiger partial charge in [-0.25, -0.2) is 0 Å². The van der Waals surface area contributed by atoms with E-state index >= 15 is 0 Å². The Balaban J connectivity index is 3.72. The van der Waals surface area contributed by atoms with Crippen LogP contribution in [-0.4, -0.2) is 16.6 Å². The number of rotatable bonds is 3. The van der Waals surface area contributed by atoms with E-state index in [4.69, 9.17) is 22.0 Å². The van der Waals surface area contributed by atoms with Gasteiger partial charge in [-0.05, 0) is 5.92 Å². The number of nitrogens with zero attached hydrogens (tertiary/aromatic N) is 1. The highest BCUT2D eigenvalue weighted by Gasteiger charge is 2.18. The van der Waals surface area contributed by atoms with E-state index in [-0.39, 0.29) is 17.7 Å². The number of halogens is 1. The molecule has 10 heavy (non-hydrogen) atoms. The number of alkyl halides is 1.